The van der Waals surface area contributed by atoms with E-state index in [0.29, 0.717) is 13.0 Å². The number of nitrogens with zero attached hydrogens (tertiary/aromatic N) is 2. The smallest absolute Gasteiger partial charge is 0.269 e. The van der Waals surface area contributed by atoms with Crippen molar-refractivity contribution in [2.45, 2.75) is 38.8 Å². The minimum absolute atomic E-state index is 0.00826. The molecule has 0 spiro atoms. The number of non-ortho nitro benzene ring substituents is 1. The minimum atomic E-state index is -0.385. The summed E-state index contributed by atoms with van der Waals surface area (Å²) in [5.41, 5.74) is 3.19. The molecule has 40 heavy (non-hydrogen) atoms. The van der Waals surface area contributed by atoms with Crippen molar-refractivity contribution in [2.75, 3.05) is 0 Å². The molecule has 0 heterocycles. The van der Waals surface area contributed by atoms with Crippen molar-refractivity contribution in [1.29, 1.82) is 0 Å². The molecule has 0 saturated carbocycles. The number of hydrogen-bond acceptors (Lipinski definition) is 3. The van der Waals surface area contributed by atoms with Crippen molar-refractivity contribution in [3.05, 3.63) is 142 Å². The number of amides is 1. The Balaban J connectivity index is 1.43. The van der Waals surface area contributed by atoms with Gasteiger partial charge in [-0.05, 0) is 63.7 Å². The fourth-order valence-corrected chi connectivity index (χ4v) is 5.41. The third kappa shape index (κ3) is 6.10. The number of benzene rings is 5. The van der Waals surface area contributed by atoms with Crippen LogP contribution in [0.2, 0.25) is 0 Å². The molecule has 0 aromatic heterocycles. The van der Waals surface area contributed by atoms with Crippen LogP contribution in [0.3, 0.4) is 0 Å². The number of hydrogen-bond donors (Lipinski definition) is 0. The normalized spacial score (nSPS) is 12.9. The molecule has 0 N–H and O–H groups in total. The molecule has 1 amide bonds. The number of nitro groups is 1. The lowest BCUT2D eigenvalue weighted by Gasteiger charge is -2.34. The Morgan fingerprint density at radius 3 is 2.05 bits per heavy atom. The molecule has 0 bridgehead atoms. The summed E-state index contributed by atoms with van der Waals surface area (Å²) >= 11 is 0. The molecule has 0 aliphatic rings. The number of carbonyl (C=O) groups is 1. The molecule has 0 radical (unpaired) electrons. The molecule has 5 aromatic rings. The summed E-state index contributed by atoms with van der Waals surface area (Å²) in [6.07, 6.45) is 4.92. The van der Waals surface area contributed by atoms with Crippen molar-refractivity contribution >= 4 is 39.2 Å². The van der Waals surface area contributed by atoms with Crippen molar-refractivity contribution in [2.24, 2.45) is 0 Å². The van der Waals surface area contributed by atoms with Gasteiger partial charge in [0, 0.05) is 37.6 Å². The maximum Gasteiger partial charge on any atom is 0.269 e. The molecule has 5 rings (SSSR count). The number of allylic oxidation sites excluding steroid dienone is 1. The van der Waals surface area contributed by atoms with E-state index in [4.69, 9.17) is 0 Å². The molecule has 5 aromatic carbocycles. The van der Waals surface area contributed by atoms with Gasteiger partial charge in [0.15, 0.2) is 0 Å². The highest BCUT2D eigenvalue weighted by atomic mass is 16.6. The summed E-state index contributed by atoms with van der Waals surface area (Å²) in [7, 11) is 0. The second kappa shape index (κ2) is 12.0. The Morgan fingerprint density at radius 1 is 0.825 bits per heavy atom. The minimum Gasteiger partial charge on any atom is -0.335 e. The van der Waals surface area contributed by atoms with E-state index in [1.807, 2.05) is 41.3 Å². The van der Waals surface area contributed by atoms with Crippen molar-refractivity contribution in [3.8, 4) is 0 Å². The lowest BCUT2D eigenvalue weighted by molar-refractivity contribution is -0.384. The van der Waals surface area contributed by atoms with E-state index in [1.54, 1.807) is 19.1 Å². The average molecular weight is 529 g/mol. The van der Waals surface area contributed by atoms with Crippen LogP contribution in [0.4, 0.5) is 5.69 Å². The lowest BCUT2D eigenvalue weighted by Crippen LogP contribution is -2.40. The highest BCUT2D eigenvalue weighted by molar-refractivity contribution is 5.85. The number of rotatable bonds is 9. The van der Waals surface area contributed by atoms with Crippen LogP contribution < -0.4 is 0 Å². The number of nitro benzene ring substituents is 1. The summed E-state index contributed by atoms with van der Waals surface area (Å²) in [6, 6.07) is 35.7. The van der Waals surface area contributed by atoms with Crippen LogP contribution in [0.5, 0.6) is 0 Å². The predicted molar refractivity (Wildman–Crippen MR) is 163 cm³/mol. The largest absolute Gasteiger partial charge is 0.335 e. The Hall–Kier alpha value is -4.77. The van der Waals surface area contributed by atoms with Crippen LogP contribution in [0.15, 0.2) is 115 Å². The summed E-state index contributed by atoms with van der Waals surface area (Å²) in [5.74, 6) is -0.0621. The molecule has 0 saturated heterocycles. The fraction of sp³-hybridized carbons (Fsp3) is 0.171. The molecular formula is C35H32N2O3. The van der Waals surface area contributed by atoms with Crippen LogP contribution in [0, 0.1) is 10.1 Å². The molecule has 2 atom stereocenters. The van der Waals surface area contributed by atoms with Gasteiger partial charge in [-0.3, -0.25) is 14.9 Å². The summed E-state index contributed by atoms with van der Waals surface area (Å²) < 4.78 is 0. The second-order valence-electron chi connectivity index (χ2n) is 10.3. The number of carbonyl (C=O) groups excluding carboxylic acids is 1. The zero-order valence-corrected chi connectivity index (χ0v) is 22.7. The van der Waals surface area contributed by atoms with Gasteiger partial charge < -0.3 is 4.90 Å². The Labute approximate surface area is 234 Å². The van der Waals surface area contributed by atoms with Crippen LogP contribution in [-0.4, -0.2) is 21.8 Å². The van der Waals surface area contributed by atoms with Gasteiger partial charge in [0.1, 0.15) is 0 Å². The third-order valence-corrected chi connectivity index (χ3v) is 7.65. The van der Waals surface area contributed by atoms with Crippen LogP contribution in [-0.2, 0) is 11.3 Å². The van der Waals surface area contributed by atoms with Crippen LogP contribution >= 0.6 is 0 Å². The first kappa shape index (κ1) is 26.8. The first-order chi connectivity index (χ1) is 19.4. The molecule has 2 unspecified atom stereocenters. The first-order valence-corrected chi connectivity index (χ1v) is 13.5. The van der Waals surface area contributed by atoms with E-state index in [1.165, 1.54) is 10.8 Å². The number of fused-ring (bicyclic) bond motifs is 2. The van der Waals surface area contributed by atoms with Gasteiger partial charge in [0.2, 0.25) is 5.91 Å². The van der Waals surface area contributed by atoms with Gasteiger partial charge in [-0.1, -0.05) is 97.1 Å². The Morgan fingerprint density at radius 2 is 1.43 bits per heavy atom. The zero-order valence-electron chi connectivity index (χ0n) is 22.7. The monoisotopic (exact) mass is 528 g/mol. The molecule has 200 valence electrons. The van der Waals surface area contributed by atoms with Gasteiger partial charge >= 0.3 is 0 Å². The predicted octanol–water partition coefficient (Wildman–Crippen LogP) is 8.53. The molecule has 0 aliphatic carbocycles. The van der Waals surface area contributed by atoms with Crippen molar-refractivity contribution < 1.29 is 9.72 Å². The van der Waals surface area contributed by atoms with E-state index in [0.717, 1.165) is 27.5 Å². The molecule has 5 nitrogen and oxygen atoms in total. The summed E-state index contributed by atoms with van der Waals surface area (Å²) in [4.78, 5) is 25.8. The standard InChI is InChI=1S/C35H32N2O3/c1-25(36(26(2)38)24-28-15-17-30-10-4-6-12-33(30)23-28)35(31-18-20-34(21-19-31)37(39)40)13-7-8-27-14-16-29-9-3-5-11-32(29)22-27/h3-12,14-23,25,35H,13,24H2,1-2H3. The van der Waals surface area contributed by atoms with Gasteiger partial charge in [0.05, 0.1) is 4.92 Å². The topological polar surface area (TPSA) is 63.5 Å². The second-order valence-corrected chi connectivity index (χ2v) is 10.3. The van der Waals surface area contributed by atoms with Crippen molar-refractivity contribution in [1.82, 2.24) is 4.90 Å². The van der Waals surface area contributed by atoms with Gasteiger partial charge in [-0.15, -0.1) is 0 Å². The highest BCUT2D eigenvalue weighted by Crippen LogP contribution is 2.31. The van der Waals surface area contributed by atoms with E-state index in [-0.39, 0.29) is 28.5 Å². The van der Waals surface area contributed by atoms with Crippen molar-refractivity contribution in [3.63, 3.8) is 0 Å². The summed E-state index contributed by atoms with van der Waals surface area (Å²) in [5, 5.41) is 16.0. The molecule has 0 aliphatic heterocycles. The zero-order chi connectivity index (χ0) is 28.1. The Bertz CT molecular complexity index is 1690. The van der Waals surface area contributed by atoms with Gasteiger partial charge in [0.25, 0.3) is 5.69 Å². The first-order valence-electron chi connectivity index (χ1n) is 13.5. The SMILES string of the molecule is CC(=O)N(Cc1ccc2ccccc2c1)C(C)C(CC=Cc1ccc2ccccc2c1)c1ccc([N+](=O)[O-])cc1. The van der Waals surface area contributed by atoms with E-state index in [2.05, 4.69) is 79.7 Å². The highest BCUT2D eigenvalue weighted by Gasteiger charge is 2.27. The maximum atomic E-state index is 13.0. The average Bonchev–Trinajstić information content (AvgIpc) is 2.97. The fourth-order valence-electron chi connectivity index (χ4n) is 5.41. The summed E-state index contributed by atoms with van der Waals surface area (Å²) in [6.45, 7) is 4.16. The van der Waals surface area contributed by atoms with Crippen LogP contribution in [0.25, 0.3) is 27.6 Å². The molecule has 0 fully saturated rings. The lowest BCUT2D eigenvalue weighted by atomic mass is 9.87. The third-order valence-electron chi connectivity index (χ3n) is 7.65. The van der Waals surface area contributed by atoms with Gasteiger partial charge in [-0.2, -0.15) is 0 Å². The van der Waals surface area contributed by atoms with Crippen LogP contribution in [0.1, 0.15) is 42.9 Å². The molecular weight excluding hydrogens is 496 g/mol. The van der Waals surface area contributed by atoms with E-state index in [9.17, 15) is 14.9 Å². The molecule has 5 heteroatoms. The van der Waals surface area contributed by atoms with E-state index < -0.39 is 0 Å². The quantitative estimate of drug-likeness (QED) is 0.142. The Kier molecular flexibility index (Phi) is 8.02. The van der Waals surface area contributed by atoms with E-state index >= 15 is 0 Å². The maximum absolute atomic E-state index is 13.0. The van der Waals surface area contributed by atoms with Gasteiger partial charge in [-0.25, -0.2) is 0 Å².